The van der Waals surface area contributed by atoms with Crippen molar-refractivity contribution in [2.45, 2.75) is 31.2 Å². The molecule has 3 N–H and O–H groups in total. The van der Waals surface area contributed by atoms with Gasteiger partial charge in [0.2, 0.25) is 10.0 Å². The first-order chi connectivity index (χ1) is 15.0. The molecule has 0 amide bonds. The number of nitrogens with one attached hydrogen (secondary N) is 3. The van der Waals surface area contributed by atoms with Gasteiger partial charge in [-0.1, -0.05) is 54.6 Å². The van der Waals surface area contributed by atoms with Crippen LogP contribution in [-0.4, -0.2) is 53.0 Å². The van der Waals surface area contributed by atoms with Gasteiger partial charge in [0, 0.05) is 20.1 Å². The van der Waals surface area contributed by atoms with E-state index in [1.807, 2.05) is 30.3 Å². The summed E-state index contributed by atoms with van der Waals surface area (Å²) in [6.45, 7) is 3.57. The zero-order chi connectivity index (χ0) is 22.1. The molecule has 0 bridgehead atoms. The number of nitrogens with zero attached hydrogens (tertiary/aromatic N) is 2. The van der Waals surface area contributed by atoms with Crippen LogP contribution in [0.1, 0.15) is 35.6 Å². The van der Waals surface area contributed by atoms with Gasteiger partial charge in [0.25, 0.3) is 0 Å². The second kappa shape index (κ2) is 11.3. The molecule has 3 rings (SSSR count). The van der Waals surface area contributed by atoms with Crippen LogP contribution in [0.25, 0.3) is 0 Å². The fourth-order valence-electron chi connectivity index (χ4n) is 3.91. The maximum absolute atomic E-state index is 11.8. The van der Waals surface area contributed by atoms with Crippen molar-refractivity contribution in [3.05, 3.63) is 71.3 Å². The standard InChI is InChI=1S/C23H33N5O2S/c1-24-23(26-16-19-9-8-10-20(15-19)18-31(29,30)25-2)27-17-22(28-13-6-7-14-28)21-11-4-3-5-12-21/h3-5,8-12,15,22,25H,6-7,13-14,16-18H2,1-2H3,(H2,24,26,27). The minimum Gasteiger partial charge on any atom is -0.354 e. The summed E-state index contributed by atoms with van der Waals surface area (Å²) >= 11 is 0. The zero-order valence-electron chi connectivity index (χ0n) is 18.3. The normalized spacial score (nSPS) is 16.3. The zero-order valence-corrected chi connectivity index (χ0v) is 19.2. The summed E-state index contributed by atoms with van der Waals surface area (Å²) in [5, 5.41) is 6.81. The molecule has 7 nitrogen and oxygen atoms in total. The predicted molar refractivity (Wildman–Crippen MR) is 126 cm³/mol. The highest BCUT2D eigenvalue weighted by Crippen LogP contribution is 2.24. The molecule has 1 unspecified atom stereocenters. The molecule has 1 atom stereocenters. The van der Waals surface area contributed by atoms with Gasteiger partial charge in [-0.15, -0.1) is 0 Å². The van der Waals surface area contributed by atoms with E-state index in [1.165, 1.54) is 25.5 Å². The number of rotatable bonds is 9. The van der Waals surface area contributed by atoms with E-state index in [2.05, 4.69) is 49.5 Å². The SMILES string of the molecule is CN=C(NCc1cccc(CS(=O)(=O)NC)c1)NCC(c1ccccc1)N1CCCC1. The van der Waals surface area contributed by atoms with Gasteiger partial charge in [0.1, 0.15) is 0 Å². The molecule has 1 aliphatic rings. The summed E-state index contributed by atoms with van der Waals surface area (Å²) in [5.41, 5.74) is 3.08. The fraction of sp³-hybridized carbons (Fsp3) is 0.435. The summed E-state index contributed by atoms with van der Waals surface area (Å²) in [6, 6.07) is 18.5. The first-order valence-corrected chi connectivity index (χ1v) is 12.4. The summed E-state index contributed by atoms with van der Waals surface area (Å²) in [4.78, 5) is 6.89. The molecule has 0 radical (unpaired) electrons. The summed E-state index contributed by atoms with van der Waals surface area (Å²) in [7, 11) is -0.0948. The second-order valence-corrected chi connectivity index (χ2v) is 9.69. The van der Waals surface area contributed by atoms with Gasteiger partial charge in [-0.3, -0.25) is 9.89 Å². The van der Waals surface area contributed by atoms with Crippen molar-refractivity contribution in [2.24, 2.45) is 4.99 Å². The van der Waals surface area contributed by atoms with Gasteiger partial charge in [-0.2, -0.15) is 0 Å². The van der Waals surface area contributed by atoms with Crippen LogP contribution in [0.5, 0.6) is 0 Å². The number of aliphatic imine (C=N–C) groups is 1. The maximum atomic E-state index is 11.8. The lowest BCUT2D eigenvalue weighted by molar-refractivity contribution is 0.245. The van der Waals surface area contributed by atoms with Crippen LogP contribution >= 0.6 is 0 Å². The Morgan fingerprint density at radius 2 is 1.74 bits per heavy atom. The molecule has 1 heterocycles. The number of guanidine groups is 1. The first kappa shape index (κ1) is 23.2. The van der Waals surface area contributed by atoms with E-state index in [0.29, 0.717) is 12.6 Å². The maximum Gasteiger partial charge on any atom is 0.215 e. The molecule has 168 valence electrons. The molecular formula is C23H33N5O2S. The van der Waals surface area contributed by atoms with E-state index in [0.717, 1.165) is 36.7 Å². The van der Waals surface area contributed by atoms with Gasteiger partial charge in [0.05, 0.1) is 11.8 Å². The van der Waals surface area contributed by atoms with Crippen molar-refractivity contribution in [1.82, 2.24) is 20.3 Å². The molecule has 0 aliphatic carbocycles. The Morgan fingerprint density at radius 3 is 2.42 bits per heavy atom. The Kier molecular flexibility index (Phi) is 8.45. The van der Waals surface area contributed by atoms with Gasteiger partial charge >= 0.3 is 0 Å². The number of benzene rings is 2. The predicted octanol–water partition coefficient (Wildman–Crippen LogP) is 2.24. The van der Waals surface area contributed by atoms with Crippen molar-refractivity contribution >= 4 is 16.0 Å². The van der Waals surface area contributed by atoms with Gasteiger partial charge in [0.15, 0.2) is 5.96 Å². The number of likely N-dealkylation sites (tertiary alicyclic amines) is 1. The lowest BCUT2D eigenvalue weighted by Gasteiger charge is -2.29. The van der Waals surface area contributed by atoms with Crippen LogP contribution < -0.4 is 15.4 Å². The molecule has 2 aromatic rings. The minimum absolute atomic E-state index is 0.0289. The van der Waals surface area contributed by atoms with Crippen LogP contribution in [0.3, 0.4) is 0 Å². The highest BCUT2D eigenvalue weighted by molar-refractivity contribution is 7.88. The van der Waals surface area contributed by atoms with Crippen LogP contribution in [-0.2, 0) is 22.3 Å². The smallest absolute Gasteiger partial charge is 0.215 e. The van der Waals surface area contributed by atoms with Gasteiger partial charge < -0.3 is 10.6 Å². The van der Waals surface area contributed by atoms with Crippen molar-refractivity contribution in [2.75, 3.05) is 33.7 Å². The molecule has 0 aromatic heterocycles. The van der Waals surface area contributed by atoms with E-state index in [1.54, 1.807) is 7.05 Å². The molecule has 0 spiro atoms. The number of hydrogen-bond acceptors (Lipinski definition) is 4. The number of hydrogen-bond donors (Lipinski definition) is 3. The molecule has 1 saturated heterocycles. The second-order valence-electron chi connectivity index (χ2n) is 7.76. The molecular weight excluding hydrogens is 410 g/mol. The van der Waals surface area contributed by atoms with E-state index in [4.69, 9.17) is 0 Å². The monoisotopic (exact) mass is 443 g/mol. The van der Waals surface area contributed by atoms with Gasteiger partial charge in [-0.05, 0) is 49.7 Å². The van der Waals surface area contributed by atoms with E-state index in [9.17, 15) is 8.42 Å². The third kappa shape index (κ3) is 7.05. The fourth-order valence-corrected chi connectivity index (χ4v) is 4.67. The molecule has 31 heavy (non-hydrogen) atoms. The van der Waals surface area contributed by atoms with E-state index >= 15 is 0 Å². The molecule has 1 fully saturated rings. The molecule has 8 heteroatoms. The third-order valence-electron chi connectivity index (χ3n) is 5.57. The van der Waals surface area contributed by atoms with Gasteiger partial charge in [-0.25, -0.2) is 13.1 Å². The lowest BCUT2D eigenvalue weighted by Crippen LogP contribution is -2.42. The van der Waals surface area contributed by atoms with Crippen LogP contribution in [0.15, 0.2) is 59.6 Å². The number of sulfonamides is 1. The Bertz CT molecular complexity index is 957. The Hall–Kier alpha value is -2.42. The van der Waals surface area contributed by atoms with Crippen molar-refractivity contribution < 1.29 is 8.42 Å². The minimum atomic E-state index is -3.29. The van der Waals surface area contributed by atoms with Crippen molar-refractivity contribution in [3.8, 4) is 0 Å². The Labute approximate surface area is 186 Å². The third-order valence-corrected chi connectivity index (χ3v) is 6.91. The van der Waals surface area contributed by atoms with E-state index in [-0.39, 0.29) is 5.75 Å². The summed E-state index contributed by atoms with van der Waals surface area (Å²) in [5.74, 6) is 0.701. The van der Waals surface area contributed by atoms with Crippen LogP contribution in [0.2, 0.25) is 0 Å². The topological polar surface area (TPSA) is 85.8 Å². The molecule has 2 aromatic carbocycles. The van der Waals surface area contributed by atoms with Crippen molar-refractivity contribution in [3.63, 3.8) is 0 Å². The van der Waals surface area contributed by atoms with E-state index < -0.39 is 10.0 Å². The first-order valence-electron chi connectivity index (χ1n) is 10.7. The van der Waals surface area contributed by atoms with Crippen LogP contribution in [0.4, 0.5) is 0 Å². The summed E-state index contributed by atoms with van der Waals surface area (Å²) < 4.78 is 26.0. The largest absolute Gasteiger partial charge is 0.354 e. The Balaban J connectivity index is 1.59. The van der Waals surface area contributed by atoms with Crippen LogP contribution in [0, 0.1) is 0 Å². The molecule has 1 aliphatic heterocycles. The van der Waals surface area contributed by atoms with Crippen molar-refractivity contribution in [1.29, 1.82) is 0 Å². The Morgan fingerprint density at radius 1 is 1.03 bits per heavy atom. The molecule has 0 saturated carbocycles. The lowest BCUT2D eigenvalue weighted by atomic mass is 10.1. The average Bonchev–Trinajstić information content (AvgIpc) is 3.31. The summed E-state index contributed by atoms with van der Waals surface area (Å²) in [6.07, 6.45) is 2.49. The quantitative estimate of drug-likeness (QED) is 0.409. The highest BCUT2D eigenvalue weighted by Gasteiger charge is 2.23. The average molecular weight is 444 g/mol. The highest BCUT2D eigenvalue weighted by atomic mass is 32.2.